The molecule has 22 heavy (non-hydrogen) atoms. The Morgan fingerprint density at radius 2 is 2.14 bits per heavy atom. The van der Waals surface area contributed by atoms with Crippen LogP contribution in [0.15, 0.2) is 36.5 Å². The molecule has 112 valence electrons. The number of nitrogens with zero attached hydrogens (tertiary/aromatic N) is 3. The first-order valence-corrected chi connectivity index (χ1v) is 6.85. The van der Waals surface area contributed by atoms with Gasteiger partial charge in [-0.15, -0.1) is 0 Å². The van der Waals surface area contributed by atoms with Gasteiger partial charge in [0, 0.05) is 18.3 Å². The average Bonchev–Trinajstić information content (AvgIpc) is 2.91. The lowest BCUT2D eigenvalue weighted by Crippen LogP contribution is -2.26. The fraction of sp³-hybridized carbons (Fsp3) is 0.250. The van der Waals surface area contributed by atoms with Crippen LogP contribution in [0.25, 0.3) is 0 Å². The van der Waals surface area contributed by atoms with E-state index in [1.807, 2.05) is 6.07 Å². The van der Waals surface area contributed by atoms with Gasteiger partial charge >= 0.3 is 0 Å². The first kappa shape index (κ1) is 14.4. The van der Waals surface area contributed by atoms with Gasteiger partial charge in [-0.05, 0) is 36.8 Å². The van der Waals surface area contributed by atoms with E-state index < -0.39 is 23.8 Å². The van der Waals surface area contributed by atoms with E-state index >= 15 is 0 Å². The molecule has 0 aliphatic carbocycles. The van der Waals surface area contributed by atoms with Crippen LogP contribution in [0.4, 0.5) is 14.6 Å². The summed E-state index contributed by atoms with van der Waals surface area (Å²) in [5, 5.41) is 19.1. The summed E-state index contributed by atoms with van der Waals surface area (Å²) in [5.41, 5.74) is 0.490. The molecule has 1 aliphatic heterocycles. The maximum Gasteiger partial charge on any atom is 0.147 e. The third-order valence-corrected chi connectivity index (χ3v) is 3.78. The van der Waals surface area contributed by atoms with Crippen molar-refractivity contribution in [2.45, 2.75) is 18.6 Å². The Balaban J connectivity index is 2.07. The van der Waals surface area contributed by atoms with E-state index in [9.17, 15) is 19.1 Å². The predicted molar refractivity (Wildman–Crippen MR) is 76.0 cm³/mol. The minimum Gasteiger partial charge on any atom is -0.391 e. The van der Waals surface area contributed by atoms with Gasteiger partial charge in [0.25, 0.3) is 0 Å². The molecule has 2 heterocycles. The molecule has 1 fully saturated rings. The Hall–Kier alpha value is -2.52. The smallest absolute Gasteiger partial charge is 0.147 e. The quantitative estimate of drug-likeness (QED) is 0.926. The van der Waals surface area contributed by atoms with Crippen LogP contribution in [0.5, 0.6) is 0 Å². The van der Waals surface area contributed by atoms with Crippen LogP contribution in [-0.4, -0.2) is 22.7 Å². The number of pyridine rings is 1. The molecule has 2 aromatic rings. The molecule has 3 rings (SSSR count). The van der Waals surface area contributed by atoms with Gasteiger partial charge in [0.1, 0.15) is 23.5 Å². The zero-order chi connectivity index (χ0) is 15.7. The fourth-order valence-corrected chi connectivity index (χ4v) is 2.83. The van der Waals surface area contributed by atoms with E-state index in [0.717, 1.165) is 18.2 Å². The molecule has 0 saturated carbocycles. The molecule has 1 aliphatic rings. The Labute approximate surface area is 126 Å². The normalized spacial score (nSPS) is 20.9. The fourth-order valence-electron chi connectivity index (χ4n) is 2.83. The van der Waals surface area contributed by atoms with E-state index in [1.165, 1.54) is 6.20 Å². The second kappa shape index (κ2) is 5.70. The highest BCUT2D eigenvalue weighted by atomic mass is 19.1. The predicted octanol–water partition coefficient (Wildman–Crippen LogP) is 2.54. The number of hydrogen-bond donors (Lipinski definition) is 1. The lowest BCUT2D eigenvalue weighted by molar-refractivity contribution is 0.194. The van der Waals surface area contributed by atoms with Crippen molar-refractivity contribution in [2.75, 3.05) is 11.4 Å². The average molecular weight is 301 g/mol. The second-order valence-corrected chi connectivity index (χ2v) is 5.21. The minimum absolute atomic E-state index is 0.158. The zero-order valence-electron chi connectivity index (χ0n) is 11.6. The standard InChI is InChI=1S/C16H13F2N3O/c17-11-3-4-14(18)13(6-11)15-7-12(22)9-21(15)16-10(8-19)2-1-5-20-16/h1-6,12,15,22H,7,9H2/t12-,15-/m0/s1. The van der Waals surface area contributed by atoms with Crippen molar-refractivity contribution in [2.24, 2.45) is 0 Å². The lowest BCUT2D eigenvalue weighted by Gasteiger charge is -2.26. The molecule has 0 radical (unpaired) electrons. The van der Waals surface area contributed by atoms with Gasteiger partial charge < -0.3 is 10.0 Å². The highest BCUT2D eigenvalue weighted by Crippen LogP contribution is 2.37. The molecular formula is C16H13F2N3O. The number of hydrogen-bond acceptors (Lipinski definition) is 4. The largest absolute Gasteiger partial charge is 0.391 e. The topological polar surface area (TPSA) is 60.2 Å². The van der Waals surface area contributed by atoms with Gasteiger partial charge in [-0.3, -0.25) is 0 Å². The molecule has 1 aromatic heterocycles. The summed E-state index contributed by atoms with van der Waals surface area (Å²) in [6, 6.07) is 7.95. The van der Waals surface area contributed by atoms with E-state index in [4.69, 9.17) is 0 Å². The van der Waals surface area contributed by atoms with Crippen LogP contribution in [0.2, 0.25) is 0 Å². The van der Waals surface area contributed by atoms with Crippen molar-refractivity contribution in [1.82, 2.24) is 4.98 Å². The first-order chi connectivity index (χ1) is 10.6. The number of aromatic nitrogens is 1. The number of β-amino-alcohol motifs (C(OH)–C–C–N with tert-alkyl or cyclic N) is 1. The van der Waals surface area contributed by atoms with Crippen molar-refractivity contribution in [3.63, 3.8) is 0 Å². The molecular weight excluding hydrogens is 288 g/mol. The van der Waals surface area contributed by atoms with E-state index in [0.29, 0.717) is 11.4 Å². The SMILES string of the molecule is N#Cc1cccnc1N1C[C@@H](O)C[C@H]1c1cc(F)ccc1F. The van der Waals surface area contributed by atoms with E-state index in [2.05, 4.69) is 4.98 Å². The number of anilines is 1. The van der Waals surface area contributed by atoms with E-state index in [-0.39, 0.29) is 18.5 Å². The van der Waals surface area contributed by atoms with Gasteiger partial charge in [-0.1, -0.05) is 0 Å². The number of nitriles is 1. The van der Waals surface area contributed by atoms with Gasteiger partial charge in [0.15, 0.2) is 0 Å². The summed E-state index contributed by atoms with van der Waals surface area (Å²) in [4.78, 5) is 5.82. The number of aliphatic hydroxyl groups is 1. The molecule has 0 amide bonds. The Bertz CT molecular complexity index is 744. The Kier molecular flexibility index (Phi) is 3.73. The minimum atomic E-state index is -0.693. The molecule has 0 bridgehead atoms. The first-order valence-electron chi connectivity index (χ1n) is 6.85. The van der Waals surface area contributed by atoms with Gasteiger partial charge in [-0.25, -0.2) is 13.8 Å². The van der Waals surface area contributed by atoms with Crippen LogP contribution in [-0.2, 0) is 0 Å². The third-order valence-electron chi connectivity index (χ3n) is 3.78. The van der Waals surface area contributed by atoms with Crippen molar-refractivity contribution >= 4 is 5.82 Å². The molecule has 0 unspecified atom stereocenters. The van der Waals surface area contributed by atoms with Crippen LogP contribution in [0.1, 0.15) is 23.6 Å². The van der Waals surface area contributed by atoms with E-state index in [1.54, 1.807) is 17.0 Å². The molecule has 1 N–H and O–H groups in total. The van der Waals surface area contributed by atoms with Gasteiger partial charge in [0.05, 0.1) is 17.7 Å². The Morgan fingerprint density at radius 3 is 2.91 bits per heavy atom. The van der Waals surface area contributed by atoms with Crippen LogP contribution < -0.4 is 4.90 Å². The molecule has 1 saturated heterocycles. The summed E-state index contributed by atoms with van der Waals surface area (Å²) in [6.45, 7) is 0.215. The van der Waals surface area contributed by atoms with Crippen molar-refractivity contribution in [3.8, 4) is 6.07 Å². The highest BCUT2D eigenvalue weighted by molar-refractivity contribution is 5.56. The van der Waals surface area contributed by atoms with Gasteiger partial charge in [0.2, 0.25) is 0 Å². The highest BCUT2D eigenvalue weighted by Gasteiger charge is 2.35. The lowest BCUT2D eigenvalue weighted by atomic mass is 10.0. The maximum absolute atomic E-state index is 14.1. The maximum atomic E-state index is 14.1. The summed E-state index contributed by atoms with van der Waals surface area (Å²) in [5.74, 6) is -0.714. The van der Waals surface area contributed by atoms with Crippen molar-refractivity contribution < 1.29 is 13.9 Å². The molecule has 1 aromatic carbocycles. The summed E-state index contributed by atoms with van der Waals surface area (Å²) in [6.07, 6.45) is 1.09. The number of benzene rings is 1. The van der Waals surface area contributed by atoms with Crippen LogP contribution in [0, 0.1) is 23.0 Å². The summed E-state index contributed by atoms with van der Waals surface area (Å²) < 4.78 is 27.5. The molecule has 4 nitrogen and oxygen atoms in total. The van der Waals surface area contributed by atoms with Crippen LogP contribution in [0.3, 0.4) is 0 Å². The monoisotopic (exact) mass is 301 g/mol. The number of halogens is 2. The third kappa shape index (κ3) is 2.51. The number of rotatable bonds is 2. The molecule has 0 spiro atoms. The second-order valence-electron chi connectivity index (χ2n) is 5.21. The summed E-state index contributed by atoms with van der Waals surface area (Å²) in [7, 11) is 0. The Morgan fingerprint density at radius 1 is 1.32 bits per heavy atom. The molecule has 6 heteroatoms. The van der Waals surface area contributed by atoms with Crippen molar-refractivity contribution in [3.05, 3.63) is 59.3 Å². The van der Waals surface area contributed by atoms with Crippen molar-refractivity contribution in [1.29, 1.82) is 5.26 Å². The summed E-state index contributed by atoms with van der Waals surface area (Å²) >= 11 is 0. The zero-order valence-corrected chi connectivity index (χ0v) is 11.6. The van der Waals surface area contributed by atoms with Gasteiger partial charge in [-0.2, -0.15) is 5.26 Å². The molecule has 2 atom stereocenters. The van der Waals surface area contributed by atoms with Crippen LogP contribution >= 0.6 is 0 Å². The number of aliphatic hydroxyl groups excluding tert-OH is 1.